The Labute approximate surface area is 207 Å². The molecule has 2 aromatic heterocycles. The van der Waals surface area contributed by atoms with Gasteiger partial charge >= 0.3 is 6.18 Å². The fourth-order valence-corrected chi connectivity index (χ4v) is 4.54. The minimum Gasteiger partial charge on any atom is -0.396 e. The van der Waals surface area contributed by atoms with E-state index in [1.165, 1.54) is 12.1 Å². The third-order valence-corrected chi connectivity index (χ3v) is 6.31. The van der Waals surface area contributed by atoms with E-state index in [4.69, 9.17) is 0 Å². The number of benzene rings is 2. The zero-order valence-corrected chi connectivity index (χ0v) is 19.5. The lowest BCUT2D eigenvalue weighted by Gasteiger charge is -2.26. The van der Waals surface area contributed by atoms with Gasteiger partial charge in [-0.3, -0.25) is 9.88 Å². The molecule has 1 aliphatic heterocycles. The number of halogens is 3. The average Bonchev–Trinajstić information content (AvgIpc) is 3.31. The Bertz CT molecular complexity index is 1310. The first-order valence-electron chi connectivity index (χ1n) is 11.8. The SMILES string of the molecule is OCCc1cccc(-c2ccc3c(c2)CN(Cc2ncc[nH]2)CCN3c2ccc(C(F)(F)F)cc2)n1. The Morgan fingerprint density at radius 3 is 2.56 bits per heavy atom. The molecule has 2 N–H and O–H groups in total. The number of aromatic nitrogens is 3. The number of aliphatic hydroxyl groups is 1. The number of anilines is 2. The van der Waals surface area contributed by atoms with Gasteiger partial charge in [0.1, 0.15) is 5.82 Å². The molecule has 2 aromatic carbocycles. The normalized spacial score (nSPS) is 14.5. The van der Waals surface area contributed by atoms with Crippen molar-refractivity contribution in [3.05, 3.63) is 95.7 Å². The van der Waals surface area contributed by atoms with Gasteiger partial charge in [0.25, 0.3) is 0 Å². The first-order chi connectivity index (χ1) is 17.4. The van der Waals surface area contributed by atoms with Gasteiger partial charge in [0.2, 0.25) is 0 Å². The third-order valence-electron chi connectivity index (χ3n) is 6.31. The molecular formula is C27H26F3N5O. The van der Waals surface area contributed by atoms with Crippen molar-refractivity contribution in [2.75, 3.05) is 24.6 Å². The summed E-state index contributed by atoms with van der Waals surface area (Å²) in [5.74, 6) is 0.856. The van der Waals surface area contributed by atoms with Crippen LogP contribution in [0.15, 0.2) is 73.1 Å². The summed E-state index contributed by atoms with van der Waals surface area (Å²) in [5.41, 5.74) is 4.62. The Balaban J connectivity index is 1.52. The van der Waals surface area contributed by atoms with E-state index in [0.29, 0.717) is 38.3 Å². The molecule has 0 fully saturated rings. The third kappa shape index (κ3) is 5.27. The summed E-state index contributed by atoms with van der Waals surface area (Å²) in [6.07, 6.45) is -0.379. The molecule has 3 heterocycles. The van der Waals surface area contributed by atoms with E-state index in [0.717, 1.165) is 46.2 Å². The molecule has 0 aliphatic carbocycles. The van der Waals surface area contributed by atoms with E-state index in [-0.39, 0.29) is 6.61 Å². The lowest BCUT2D eigenvalue weighted by molar-refractivity contribution is -0.137. The van der Waals surface area contributed by atoms with Crippen molar-refractivity contribution in [2.24, 2.45) is 0 Å². The first kappa shape index (κ1) is 24.0. The van der Waals surface area contributed by atoms with Gasteiger partial charge in [0.15, 0.2) is 0 Å². The minimum atomic E-state index is -4.37. The Hall–Kier alpha value is -3.69. The molecule has 0 radical (unpaired) electrons. The average molecular weight is 494 g/mol. The second-order valence-corrected chi connectivity index (χ2v) is 8.77. The van der Waals surface area contributed by atoms with Gasteiger partial charge in [0, 0.05) is 67.7 Å². The number of pyridine rings is 1. The Morgan fingerprint density at radius 1 is 1.00 bits per heavy atom. The monoisotopic (exact) mass is 493 g/mol. The number of nitrogens with zero attached hydrogens (tertiary/aromatic N) is 4. The molecule has 6 nitrogen and oxygen atoms in total. The molecular weight excluding hydrogens is 467 g/mol. The van der Waals surface area contributed by atoms with E-state index in [1.54, 1.807) is 12.4 Å². The number of aromatic amines is 1. The van der Waals surface area contributed by atoms with Crippen molar-refractivity contribution in [1.82, 2.24) is 19.9 Å². The summed E-state index contributed by atoms with van der Waals surface area (Å²) in [6.45, 7) is 2.63. The van der Waals surface area contributed by atoms with E-state index < -0.39 is 11.7 Å². The van der Waals surface area contributed by atoms with Crippen molar-refractivity contribution in [3.63, 3.8) is 0 Å². The lowest BCUT2D eigenvalue weighted by atomic mass is 10.0. The number of hydrogen-bond acceptors (Lipinski definition) is 5. The van der Waals surface area contributed by atoms with Gasteiger partial charge < -0.3 is 15.0 Å². The number of H-pyrrole nitrogens is 1. The zero-order valence-electron chi connectivity index (χ0n) is 19.5. The molecule has 0 amide bonds. The maximum absolute atomic E-state index is 13.1. The van der Waals surface area contributed by atoms with Gasteiger partial charge in [-0.1, -0.05) is 12.1 Å². The van der Waals surface area contributed by atoms with Crippen LogP contribution in [0.5, 0.6) is 0 Å². The van der Waals surface area contributed by atoms with Gasteiger partial charge in [-0.15, -0.1) is 0 Å². The minimum absolute atomic E-state index is 0.0322. The molecule has 5 rings (SSSR count). The highest BCUT2D eigenvalue weighted by Gasteiger charge is 2.30. The summed E-state index contributed by atoms with van der Waals surface area (Å²) in [4.78, 5) is 16.5. The van der Waals surface area contributed by atoms with Gasteiger partial charge in [-0.2, -0.15) is 13.2 Å². The molecule has 0 unspecified atom stereocenters. The standard InChI is InChI=1S/C27H26F3N5O/c28-27(29,30)21-5-7-23(8-6-21)35-14-13-34(18-26-31-11-12-32-26)17-20-16-19(4-9-25(20)35)24-3-1-2-22(33-24)10-15-36/h1-9,11-12,16,36H,10,13-15,17-18H2,(H,31,32). The number of alkyl halides is 3. The van der Waals surface area contributed by atoms with Crippen LogP contribution in [0.4, 0.5) is 24.5 Å². The summed E-state index contributed by atoms with van der Waals surface area (Å²) in [7, 11) is 0. The molecule has 1 aliphatic rings. The van der Waals surface area contributed by atoms with Crippen LogP contribution in [0, 0.1) is 0 Å². The number of hydrogen-bond donors (Lipinski definition) is 2. The van der Waals surface area contributed by atoms with E-state index >= 15 is 0 Å². The predicted molar refractivity (Wildman–Crippen MR) is 132 cm³/mol. The summed E-state index contributed by atoms with van der Waals surface area (Å²) >= 11 is 0. The molecule has 0 saturated heterocycles. The number of imidazole rings is 1. The largest absolute Gasteiger partial charge is 0.416 e. The quantitative estimate of drug-likeness (QED) is 0.388. The maximum atomic E-state index is 13.1. The Morgan fingerprint density at radius 2 is 1.83 bits per heavy atom. The van der Waals surface area contributed by atoms with Crippen LogP contribution < -0.4 is 4.90 Å². The highest BCUT2D eigenvalue weighted by molar-refractivity contribution is 5.72. The first-order valence-corrected chi connectivity index (χ1v) is 11.8. The lowest BCUT2D eigenvalue weighted by Crippen LogP contribution is -2.29. The van der Waals surface area contributed by atoms with Crippen LogP contribution in [-0.4, -0.2) is 44.7 Å². The van der Waals surface area contributed by atoms with Crippen LogP contribution >= 0.6 is 0 Å². The molecule has 0 atom stereocenters. The van der Waals surface area contributed by atoms with Crippen molar-refractivity contribution < 1.29 is 18.3 Å². The fourth-order valence-electron chi connectivity index (χ4n) is 4.54. The molecule has 0 bridgehead atoms. The number of fused-ring (bicyclic) bond motifs is 1. The van der Waals surface area contributed by atoms with E-state index in [2.05, 4.69) is 30.8 Å². The van der Waals surface area contributed by atoms with Crippen LogP contribution in [-0.2, 0) is 25.7 Å². The topological polar surface area (TPSA) is 68.3 Å². The predicted octanol–water partition coefficient (Wildman–Crippen LogP) is 5.18. The number of aliphatic hydroxyl groups excluding tert-OH is 1. The highest BCUT2D eigenvalue weighted by Crippen LogP contribution is 2.36. The molecule has 0 spiro atoms. The van der Waals surface area contributed by atoms with Gasteiger partial charge in [0.05, 0.1) is 17.8 Å². The van der Waals surface area contributed by atoms with Crippen LogP contribution in [0.25, 0.3) is 11.3 Å². The number of nitrogens with one attached hydrogen (secondary N) is 1. The zero-order chi connectivity index (χ0) is 25.1. The van der Waals surface area contributed by atoms with Crippen LogP contribution in [0.2, 0.25) is 0 Å². The van der Waals surface area contributed by atoms with E-state index in [1.807, 2.05) is 30.3 Å². The van der Waals surface area contributed by atoms with Crippen molar-refractivity contribution in [1.29, 1.82) is 0 Å². The second-order valence-electron chi connectivity index (χ2n) is 8.77. The van der Waals surface area contributed by atoms with Crippen LogP contribution in [0.3, 0.4) is 0 Å². The van der Waals surface area contributed by atoms with Gasteiger partial charge in [-0.05, 0) is 54.1 Å². The van der Waals surface area contributed by atoms with Crippen LogP contribution in [0.1, 0.15) is 22.6 Å². The molecule has 36 heavy (non-hydrogen) atoms. The van der Waals surface area contributed by atoms with Gasteiger partial charge in [-0.25, -0.2) is 4.98 Å². The smallest absolute Gasteiger partial charge is 0.396 e. The molecule has 0 saturated carbocycles. The van der Waals surface area contributed by atoms with Crippen molar-refractivity contribution in [2.45, 2.75) is 25.7 Å². The number of rotatable bonds is 6. The molecule has 4 aromatic rings. The highest BCUT2D eigenvalue weighted by atomic mass is 19.4. The van der Waals surface area contributed by atoms with Crippen molar-refractivity contribution in [3.8, 4) is 11.3 Å². The summed E-state index contributed by atoms with van der Waals surface area (Å²) in [5, 5.41) is 9.28. The summed E-state index contributed by atoms with van der Waals surface area (Å²) < 4.78 is 39.4. The molecule has 186 valence electrons. The fraction of sp³-hybridized carbons (Fsp3) is 0.259. The van der Waals surface area contributed by atoms with Crippen molar-refractivity contribution >= 4 is 11.4 Å². The maximum Gasteiger partial charge on any atom is 0.416 e. The summed E-state index contributed by atoms with van der Waals surface area (Å²) in [6, 6.07) is 17.2. The van der Waals surface area contributed by atoms with E-state index in [9.17, 15) is 18.3 Å². The Kier molecular flexibility index (Phi) is 6.75. The second kappa shape index (κ2) is 10.1. The molecule has 9 heteroatoms.